The van der Waals surface area contributed by atoms with Crippen LogP contribution in [0.2, 0.25) is 5.02 Å². The van der Waals surface area contributed by atoms with Crippen molar-refractivity contribution in [3.05, 3.63) is 94.5 Å². The van der Waals surface area contributed by atoms with E-state index in [0.717, 1.165) is 5.57 Å². The largest absolute Gasteiger partial charge is 0.502 e. The smallest absolute Gasteiger partial charge is 0.246 e. The number of allylic oxidation sites excluding steroid dienone is 2. The highest BCUT2D eigenvalue weighted by atomic mass is 35.5. The van der Waals surface area contributed by atoms with E-state index in [1.165, 1.54) is 24.0 Å². The van der Waals surface area contributed by atoms with Gasteiger partial charge in [-0.25, -0.2) is 4.90 Å². The van der Waals surface area contributed by atoms with Crippen LogP contribution in [0, 0.1) is 23.7 Å². The van der Waals surface area contributed by atoms with Crippen molar-refractivity contribution in [2.45, 2.75) is 31.1 Å². The Morgan fingerprint density at radius 1 is 0.891 bits per heavy atom. The second kappa shape index (κ2) is 11.0. The third-order valence-electron chi connectivity index (χ3n) is 10.4. The molecule has 0 radical (unpaired) electrons. The second-order valence-electron chi connectivity index (χ2n) is 12.3. The summed E-state index contributed by atoms with van der Waals surface area (Å²) >= 11 is 6.36. The molecule has 1 N–H and O–H groups in total. The molecule has 2 aliphatic carbocycles. The number of halogens is 1. The van der Waals surface area contributed by atoms with Crippen LogP contribution in [0.3, 0.4) is 0 Å². The van der Waals surface area contributed by atoms with Gasteiger partial charge in [-0.1, -0.05) is 59.6 Å². The molecular formula is C36H33ClN2O7. The van der Waals surface area contributed by atoms with Gasteiger partial charge in [0.1, 0.15) is 0 Å². The number of nitrogens with zero attached hydrogens (tertiary/aromatic N) is 2. The number of methoxy groups -OCH3 is 2. The first-order valence-electron chi connectivity index (χ1n) is 15.4. The van der Waals surface area contributed by atoms with Gasteiger partial charge in [0.05, 0.1) is 43.1 Å². The van der Waals surface area contributed by atoms with Gasteiger partial charge in [-0.05, 0) is 67.1 Å². The number of imide groups is 2. The minimum absolute atomic E-state index is 0.137. The molecule has 2 heterocycles. The zero-order valence-electron chi connectivity index (χ0n) is 25.6. The standard InChI is InChI=1S/C36H33ClN2O7/c1-4-38-32(41)24-14-13-23-25(29(24)34(38)43)18-26-33(42)39(22-12-8-11-21(37)17-22)35(44)36(26,20-9-6-5-7-10-20)30(23)19-15-27(45-2)31(40)28(16-19)46-3/h5-13,15-17,24-26,29-30,40H,4,14,18H2,1-3H3/t24-,25+,26-,29-,30-,36+/m0/s1. The van der Waals surface area contributed by atoms with Crippen LogP contribution in [-0.4, -0.2) is 54.4 Å². The molecule has 1 saturated carbocycles. The lowest BCUT2D eigenvalue weighted by atomic mass is 9.49. The quantitative estimate of drug-likeness (QED) is 0.289. The van der Waals surface area contributed by atoms with Crippen LogP contribution in [0.1, 0.15) is 36.8 Å². The molecule has 0 aromatic heterocycles. The van der Waals surface area contributed by atoms with Gasteiger partial charge in [0.25, 0.3) is 0 Å². The topological polar surface area (TPSA) is 113 Å². The van der Waals surface area contributed by atoms with E-state index in [4.69, 9.17) is 21.1 Å². The number of ether oxygens (including phenoxy) is 2. The average molecular weight is 641 g/mol. The molecule has 2 saturated heterocycles. The van der Waals surface area contributed by atoms with E-state index in [-0.39, 0.29) is 42.0 Å². The lowest BCUT2D eigenvalue weighted by molar-refractivity contribution is -0.140. The number of likely N-dealkylation sites (tertiary alicyclic amines) is 1. The van der Waals surface area contributed by atoms with E-state index in [1.54, 1.807) is 43.3 Å². The number of fused-ring (bicyclic) bond motifs is 4. The van der Waals surface area contributed by atoms with E-state index in [0.29, 0.717) is 28.3 Å². The molecule has 0 spiro atoms. The number of phenolic OH excluding ortho intramolecular Hbond substituents is 1. The maximum absolute atomic E-state index is 15.3. The van der Waals surface area contributed by atoms with E-state index in [1.807, 2.05) is 36.4 Å². The Kier molecular flexibility index (Phi) is 7.20. The van der Waals surface area contributed by atoms with Crippen LogP contribution in [0.15, 0.2) is 78.4 Å². The number of carbonyl (C=O) groups is 4. The number of hydrogen-bond donors (Lipinski definition) is 1. The average Bonchev–Trinajstić information content (AvgIpc) is 3.45. The van der Waals surface area contributed by atoms with E-state index < -0.39 is 46.8 Å². The van der Waals surface area contributed by atoms with Crippen LogP contribution >= 0.6 is 11.6 Å². The van der Waals surface area contributed by atoms with Gasteiger partial charge in [0.2, 0.25) is 29.4 Å². The highest BCUT2D eigenvalue weighted by molar-refractivity contribution is 6.32. The summed E-state index contributed by atoms with van der Waals surface area (Å²) in [5, 5.41) is 11.2. The third-order valence-corrected chi connectivity index (χ3v) is 10.6. The summed E-state index contributed by atoms with van der Waals surface area (Å²) in [5.74, 6) is -4.54. The molecular weight excluding hydrogens is 608 g/mol. The number of hydrogen-bond acceptors (Lipinski definition) is 7. The molecule has 0 bridgehead atoms. The third kappa shape index (κ3) is 4.00. The van der Waals surface area contributed by atoms with E-state index in [2.05, 4.69) is 0 Å². The van der Waals surface area contributed by atoms with Crippen molar-refractivity contribution in [2.24, 2.45) is 23.7 Å². The van der Waals surface area contributed by atoms with E-state index in [9.17, 15) is 19.5 Å². The first kappa shape index (κ1) is 30.0. The first-order valence-corrected chi connectivity index (χ1v) is 15.8. The first-order chi connectivity index (χ1) is 22.2. The summed E-state index contributed by atoms with van der Waals surface area (Å²) in [6.45, 7) is 2.04. The molecule has 7 rings (SSSR count). The number of aromatic hydroxyl groups is 1. The predicted octanol–water partition coefficient (Wildman–Crippen LogP) is 5.25. The molecule has 2 aliphatic heterocycles. The molecule has 10 heteroatoms. The number of carbonyl (C=O) groups excluding carboxylic acids is 4. The fraction of sp³-hybridized carbons (Fsp3) is 0.333. The Morgan fingerprint density at radius 3 is 2.22 bits per heavy atom. The molecule has 3 fully saturated rings. The van der Waals surface area contributed by atoms with Crippen molar-refractivity contribution < 1.29 is 33.8 Å². The summed E-state index contributed by atoms with van der Waals surface area (Å²) in [7, 11) is 2.85. The zero-order valence-corrected chi connectivity index (χ0v) is 26.4. The fourth-order valence-corrected chi connectivity index (χ4v) is 8.76. The molecule has 9 nitrogen and oxygen atoms in total. The number of benzene rings is 3. The Hall–Kier alpha value is -4.63. The molecule has 0 unspecified atom stereocenters. The molecule has 4 amide bonds. The van der Waals surface area contributed by atoms with Crippen LogP contribution in [0.25, 0.3) is 0 Å². The minimum atomic E-state index is -1.45. The second-order valence-corrected chi connectivity index (χ2v) is 12.7. The van der Waals surface area contributed by atoms with Crippen LogP contribution < -0.4 is 14.4 Å². The van der Waals surface area contributed by atoms with E-state index >= 15 is 4.79 Å². The SMILES string of the molecule is CCN1C(=O)[C@H]2[C@H](CC=C3[C@H]2C[C@H]2C(=O)N(c4cccc(Cl)c4)C(=O)[C@@]2(c2ccccc2)[C@H]3c2cc(OC)c(O)c(OC)c2)C1=O. The van der Waals surface area contributed by atoms with Crippen molar-refractivity contribution in [2.75, 3.05) is 25.7 Å². The van der Waals surface area contributed by atoms with Gasteiger partial charge >= 0.3 is 0 Å². The lowest BCUT2D eigenvalue weighted by Crippen LogP contribution is -2.53. The van der Waals surface area contributed by atoms with Crippen molar-refractivity contribution in [1.82, 2.24) is 4.90 Å². The summed E-state index contributed by atoms with van der Waals surface area (Å²) < 4.78 is 11.1. The van der Waals surface area contributed by atoms with Gasteiger partial charge < -0.3 is 14.6 Å². The molecule has 3 aromatic rings. The molecule has 46 heavy (non-hydrogen) atoms. The fourth-order valence-electron chi connectivity index (χ4n) is 8.58. The van der Waals surface area contributed by atoms with Gasteiger partial charge in [-0.3, -0.25) is 24.1 Å². The van der Waals surface area contributed by atoms with Crippen LogP contribution in [-0.2, 0) is 24.6 Å². The van der Waals surface area contributed by atoms with Crippen molar-refractivity contribution in [3.8, 4) is 17.2 Å². The van der Waals surface area contributed by atoms with Gasteiger partial charge in [-0.15, -0.1) is 0 Å². The number of amides is 4. The lowest BCUT2D eigenvalue weighted by Gasteiger charge is -2.50. The minimum Gasteiger partial charge on any atom is -0.502 e. The Morgan fingerprint density at radius 2 is 1.59 bits per heavy atom. The summed E-state index contributed by atoms with van der Waals surface area (Å²) in [6.07, 6.45) is 2.52. The molecule has 236 valence electrons. The molecule has 4 aliphatic rings. The Balaban J connectivity index is 1.54. The maximum atomic E-state index is 15.3. The van der Waals surface area contributed by atoms with Crippen molar-refractivity contribution in [3.63, 3.8) is 0 Å². The zero-order chi connectivity index (χ0) is 32.5. The van der Waals surface area contributed by atoms with Gasteiger partial charge in [-0.2, -0.15) is 0 Å². The number of anilines is 1. The van der Waals surface area contributed by atoms with Gasteiger partial charge in [0, 0.05) is 17.5 Å². The predicted molar refractivity (Wildman–Crippen MR) is 170 cm³/mol. The van der Waals surface area contributed by atoms with Crippen molar-refractivity contribution >= 4 is 40.9 Å². The molecule has 3 aromatic carbocycles. The van der Waals surface area contributed by atoms with Crippen LogP contribution in [0.4, 0.5) is 5.69 Å². The number of phenols is 1. The number of rotatable bonds is 6. The van der Waals surface area contributed by atoms with Gasteiger partial charge in [0.15, 0.2) is 11.5 Å². The Bertz CT molecular complexity index is 1800. The van der Waals surface area contributed by atoms with Crippen molar-refractivity contribution in [1.29, 1.82) is 0 Å². The highest BCUT2D eigenvalue weighted by Gasteiger charge is 2.70. The highest BCUT2D eigenvalue weighted by Crippen LogP contribution is 2.65. The maximum Gasteiger partial charge on any atom is 0.246 e. The summed E-state index contributed by atoms with van der Waals surface area (Å²) in [5.41, 5.74) is 0.937. The van der Waals surface area contributed by atoms with Crippen LogP contribution in [0.5, 0.6) is 17.2 Å². The Labute approximate surface area is 271 Å². The normalized spacial score (nSPS) is 28.5. The molecule has 6 atom stereocenters. The monoisotopic (exact) mass is 640 g/mol. The summed E-state index contributed by atoms with van der Waals surface area (Å²) in [6, 6.07) is 19.2. The summed E-state index contributed by atoms with van der Waals surface area (Å²) in [4.78, 5) is 59.8.